The van der Waals surface area contributed by atoms with Crippen molar-refractivity contribution < 1.29 is 38.7 Å². The molecule has 1 aliphatic carbocycles. The largest absolute Gasteiger partial charge is 0.497 e. The molecule has 9 heteroatoms. The number of benzene rings is 2. The highest BCUT2D eigenvalue weighted by Gasteiger charge is 2.73. The molecule has 0 saturated heterocycles. The molecule has 1 aliphatic heterocycles. The van der Waals surface area contributed by atoms with E-state index in [1.165, 1.54) is 14.2 Å². The molecule has 0 bridgehead atoms. The number of hydrogen-bond donors (Lipinski definition) is 3. The molecule has 0 unspecified atom stereocenters. The number of rotatable bonds is 9. The zero-order chi connectivity index (χ0) is 24.5. The highest BCUT2D eigenvalue weighted by atomic mass is 16.5. The molecule has 2 aliphatic rings. The van der Waals surface area contributed by atoms with Gasteiger partial charge in [-0.1, -0.05) is 12.1 Å². The fraction of sp³-hybridized carbons (Fsp3) is 0.480. The average Bonchev–Trinajstić information content (AvgIpc) is 3.25. The van der Waals surface area contributed by atoms with E-state index in [0.29, 0.717) is 36.0 Å². The molecular formula is C25H31NO8. The van der Waals surface area contributed by atoms with Gasteiger partial charge in [0, 0.05) is 18.6 Å². The second-order valence-corrected chi connectivity index (χ2v) is 8.55. The maximum atomic E-state index is 12.5. The molecule has 4 rings (SSSR count). The first kappa shape index (κ1) is 24.1. The van der Waals surface area contributed by atoms with E-state index in [1.54, 1.807) is 43.5 Å². The van der Waals surface area contributed by atoms with Crippen LogP contribution in [0.25, 0.3) is 0 Å². The summed E-state index contributed by atoms with van der Waals surface area (Å²) in [5.74, 6) is 0.0741. The molecule has 4 atom stereocenters. The lowest BCUT2D eigenvalue weighted by Gasteiger charge is -2.37. The van der Waals surface area contributed by atoms with Crippen molar-refractivity contribution >= 4 is 5.97 Å². The molecule has 0 radical (unpaired) electrons. The van der Waals surface area contributed by atoms with Gasteiger partial charge in [0.1, 0.15) is 29.1 Å². The van der Waals surface area contributed by atoms with Crippen LogP contribution in [0.3, 0.4) is 0 Å². The molecule has 4 N–H and O–H groups in total. The molecular weight excluding hydrogens is 442 g/mol. The maximum absolute atomic E-state index is 12.5. The van der Waals surface area contributed by atoms with Crippen molar-refractivity contribution in [2.24, 2.45) is 11.7 Å². The molecule has 1 saturated carbocycles. The van der Waals surface area contributed by atoms with Crippen LogP contribution in [0.15, 0.2) is 36.4 Å². The van der Waals surface area contributed by atoms with E-state index in [9.17, 15) is 15.0 Å². The van der Waals surface area contributed by atoms with Crippen molar-refractivity contribution in [1.82, 2.24) is 0 Å². The average molecular weight is 474 g/mol. The Morgan fingerprint density at radius 1 is 1.12 bits per heavy atom. The van der Waals surface area contributed by atoms with Crippen LogP contribution in [0.1, 0.15) is 30.4 Å². The summed E-state index contributed by atoms with van der Waals surface area (Å²) in [5.41, 5.74) is 2.93. The molecule has 2 aromatic rings. The number of esters is 1. The monoisotopic (exact) mass is 473 g/mol. The minimum Gasteiger partial charge on any atom is -0.497 e. The van der Waals surface area contributed by atoms with E-state index in [-0.39, 0.29) is 17.7 Å². The minimum atomic E-state index is -1.99. The zero-order valence-electron chi connectivity index (χ0n) is 19.6. The summed E-state index contributed by atoms with van der Waals surface area (Å²) in [5, 5.41) is 23.5. The third-order valence-electron chi connectivity index (χ3n) is 6.78. The quantitative estimate of drug-likeness (QED) is 0.369. The van der Waals surface area contributed by atoms with Gasteiger partial charge < -0.3 is 39.6 Å². The Hall–Kier alpha value is -3.01. The van der Waals surface area contributed by atoms with Gasteiger partial charge in [0.05, 0.1) is 39.4 Å². The molecule has 2 aromatic carbocycles. The standard InChI is InChI=1S/C25H31NO8/c1-30-16-8-6-15(7-9-16)24-14-18(23(28)32-3)22(27)25(24,29)21-19(31-2)12-17(13-20(21)34-24)33-11-5-4-10-26/h6-9,12-13,18,22,27,29H,4-5,10-11,14,26H2,1-3H3/t18-,22-,24-,25+/m1/s1. The Morgan fingerprint density at radius 2 is 1.85 bits per heavy atom. The first-order valence-corrected chi connectivity index (χ1v) is 11.2. The van der Waals surface area contributed by atoms with Gasteiger partial charge in [0.25, 0.3) is 0 Å². The summed E-state index contributed by atoms with van der Waals surface area (Å²) in [6.45, 7) is 1.04. The second-order valence-electron chi connectivity index (χ2n) is 8.55. The third-order valence-corrected chi connectivity index (χ3v) is 6.78. The topological polar surface area (TPSA) is 130 Å². The van der Waals surface area contributed by atoms with Crippen LogP contribution in [0.5, 0.6) is 23.0 Å². The van der Waals surface area contributed by atoms with E-state index in [4.69, 9.17) is 29.4 Å². The van der Waals surface area contributed by atoms with Crippen molar-refractivity contribution in [3.63, 3.8) is 0 Å². The summed E-state index contributed by atoms with van der Waals surface area (Å²) in [4.78, 5) is 12.5. The summed E-state index contributed by atoms with van der Waals surface area (Å²) in [7, 11) is 4.26. The van der Waals surface area contributed by atoms with Crippen molar-refractivity contribution in [2.45, 2.75) is 36.6 Å². The van der Waals surface area contributed by atoms with Gasteiger partial charge in [0.2, 0.25) is 0 Å². The Balaban J connectivity index is 1.83. The van der Waals surface area contributed by atoms with Gasteiger partial charge in [-0.05, 0) is 37.1 Å². The number of carbonyl (C=O) groups is 1. The van der Waals surface area contributed by atoms with Crippen molar-refractivity contribution in [3.8, 4) is 23.0 Å². The van der Waals surface area contributed by atoms with E-state index >= 15 is 0 Å². The number of carbonyl (C=O) groups excluding carboxylic acids is 1. The van der Waals surface area contributed by atoms with Crippen LogP contribution in [0, 0.1) is 5.92 Å². The maximum Gasteiger partial charge on any atom is 0.311 e. The van der Waals surface area contributed by atoms with Gasteiger partial charge in [-0.25, -0.2) is 0 Å². The number of aliphatic hydroxyl groups excluding tert-OH is 1. The number of ether oxygens (including phenoxy) is 5. The molecule has 1 heterocycles. The van der Waals surface area contributed by atoms with Gasteiger partial charge in [-0.15, -0.1) is 0 Å². The Bertz CT molecular complexity index is 1040. The number of hydrogen-bond acceptors (Lipinski definition) is 9. The molecule has 34 heavy (non-hydrogen) atoms. The third kappa shape index (κ3) is 3.55. The van der Waals surface area contributed by atoms with Crippen LogP contribution in [0.2, 0.25) is 0 Å². The predicted molar refractivity (Wildman–Crippen MR) is 122 cm³/mol. The van der Waals surface area contributed by atoms with Gasteiger partial charge >= 0.3 is 5.97 Å². The number of fused-ring (bicyclic) bond motifs is 3. The predicted octanol–water partition coefficient (Wildman–Crippen LogP) is 1.85. The van der Waals surface area contributed by atoms with Crippen LogP contribution >= 0.6 is 0 Å². The highest BCUT2D eigenvalue weighted by Crippen LogP contribution is 2.65. The fourth-order valence-corrected chi connectivity index (χ4v) is 5.09. The molecule has 184 valence electrons. The number of nitrogens with two attached hydrogens (primary N) is 1. The van der Waals surface area contributed by atoms with Crippen LogP contribution in [-0.2, 0) is 20.7 Å². The molecule has 0 amide bonds. The molecule has 9 nitrogen and oxygen atoms in total. The molecule has 1 fully saturated rings. The number of methoxy groups -OCH3 is 3. The van der Waals surface area contributed by atoms with Crippen LogP contribution in [0.4, 0.5) is 0 Å². The van der Waals surface area contributed by atoms with E-state index in [2.05, 4.69) is 0 Å². The van der Waals surface area contributed by atoms with Gasteiger partial charge in [-0.3, -0.25) is 4.79 Å². The summed E-state index contributed by atoms with van der Waals surface area (Å²) in [6, 6.07) is 10.3. The van der Waals surface area contributed by atoms with E-state index < -0.39 is 29.2 Å². The number of unbranched alkanes of at least 4 members (excludes halogenated alkanes) is 1. The van der Waals surface area contributed by atoms with Crippen LogP contribution < -0.4 is 24.7 Å². The normalized spacial score (nSPS) is 26.9. The minimum absolute atomic E-state index is 0.00576. The Labute approximate surface area is 198 Å². The van der Waals surface area contributed by atoms with Gasteiger partial charge in [-0.2, -0.15) is 0 Å². The first-order chi connectivity index (χ1) is 16.4. The van der Waals surface area contributed by atoms with E-state index in [1.807, 2.05) is 0 Å². The summed E-state index contributed by atoms with van der Waals surface area (Å²) in [6.07, 6.45) is 0.109. The SMILES string of the molecule is COC(=O)[C@@H]1C[C@]2(c3ccc(OC)cc3)Oc3cc(OCCCCN)cc(OC)c3[C@]2(O)[C@@H]1O. The lowest BCUT2D eigenvalue weighted by molar-refractivity contribution is -0.160. The Kier molecular flexibility index (Phi) is 6.62. The highest BCUT2D eigenvalue weighted by molar-refractivity contribution is 5.76. The Morgan fingerprint density at radius 3 is 2.47 bits per heavy atom. The van der Waals surface area contributed by atoms with Crippen molar-refractivity contribution in [3.05, 3.63) is 47.5 Å². The second kappa shape index (κ2) is 9.32. The van der Waals surface area contributed by atoms with Gasteiger partial charge in [0.15, 0.2) is 11.2 Å². The van der Waals surface area contributed by atoms with Crippen molar-refractivity contribution in [1.29, 1.82) is 0 Å². The van der Waals surface area contributed by atoms with Crippen LogP contribution in [-0.4, -0.2) is 56.8 Å². The first-order valence-electron chi connectivity index (χ1n) is 11.2. The summed E-state index contributed by atoms with van der Waals surface area (Å²) < 4.78 is 28.1. The summed E-state index contributed by atoms with van der Waals surface area (Å²) >= 11 is 0. The van der Waals surface area contributed by atoms with E-state index in [0.717, 1.165) is 12.8 Å². The fourth-order valence-electron chi connectivity index (χ4n) is 5.09. The molecule has 0 aromatic heterocycles. The number of aliphatic hydroxyl groups is 2. The lowest BCUT2D eigenvalue weighted by Crippen LogP contribution is -2.50. The molecule has 0 spiro atoms. The van der Waals surface area contributed by atoms with Crippen molar-refractivity contribution in [2.75, 3.05) is 34.5 Å². The lowest BCUT2D eigenvalue weighted by atomic mass is 9.76. The zero-order valence-corrected chi connectivity index (χ0v) is 19.6. The smallest absolute Gasteiger partial charge is 0.311 e.